The fraction of sp³-hybridized carbons (Fsp3) is 0.647. The molecule has 0 aromatic carbocycles. The number of rotatable bonds is 5. The molecule has 2 amide bonds. The number of carbonyl (C=O) groups excluding carboxylic acids is 2. The largest absolute Gasteiger partial charge is 0.356 e. The number of anilines is 1. The van der Waals surface area contributed by atoms with Crippen LogP contribution in [0.25, 0.3) is 0 Å². The van der Waals surface area contributed by atoms with Crippen molar-refractivity contribution in [2.24, 2.45) is 0 Å². The lowest BCUT2D eigenvalue weighted by atomic mass is 9.98. The molecule has 1 fully saturated rings. The third kappa shape index (κ3) is 4.43. The molecule has 2 heterocycles. The first-order valence-corrected chi connectivity index (χ1v) is 8.46. The maximum Gasteiger partial charge on any atom is 0.257 e. The highest BCUT2D eigenvalue weighted by atomic mass is 16.2. The molecule has 7 nitrogen and oxygen atoms in total. The fourth-order valence-corrected chi connectivity index (χ4v) is 3.02. The molecule has 0 radical (unpaired) electrons. The van der Waals surface area contributed by atoms with Crippen LogP contribution in [0.15, 0.2) is 6.20 Å². The minimum atomic E-state index is -0.0350. The minimum Gasteiger partial charge on any atom is -0.356 e. The fourth-order valence-electron chi connectivity index (χ4n) is 3.02. The van der Waals surface area contributed by atoms with Gasteiger partial charge in [0.2, 0.25) is 11.9 Å². The van der Waals surface area contributed by atoms with Gasteiger partial charge in [0, 0.05) is 46.3 Å². The van der Waals surface area contributed by atoms with E-state index in [1.165, 1.54) is 6.92 Å². The molecule has 0 bridgehead atoms. The second kappa shape index (κ2) is 8.08. The van der Waals surface area contributed by atoms with Crippen molar-refractivity contribution in [2.75, 3.05) is 32.1 Å². The highest BCUT2D eigenvalue weighted by Gasteiger charge is 2.28. The number of piperidine rings is 1. The Balaban J connectivity index is 2.11. The Hall–Kier alpha value is -2.18. The third-order valence-corrected chi connectivity index (χ3v) is 4.34. The van der Waals surface area contributed by atoms with Gasteiger partial charge in [-0.15, -0.1) is 0 Å². The standard InChI is InChI=1S/C17H27N5O2/c1-12-15(11-19-17(20-12)21(3)4)16(24)22-10-6-5-7-14(22)8-9-18-13(2)23/h11,14H,5-10H2,1-4H3,(H,18,23)/t14-/m1/s1. The molecule has 1 atom stereocenters. The topological polar surface area (TPSA) is 78.4 Å². The Kier molecular flexibility index (Phi) is 6.11. The van der Waals surface area contributed by atoms with E-state index in [4.69, 9.17) is 0 Å². The van der Waals surface area contributed by atoms with Crippen molar-refractivity contribution in [1.82, 2.24) is 20.2 Å². The molecule has 1 aliphatic rings. The van der Waals surface area contributed by atoms with E-state index in [1.54, 1.807) is 6.20 Å². The average Bonchev–Trinajstić information content (AvgIpc) is 2.54. The Morgan fingerprint density at radius 2 is 2.12 bits per heavy atom. The lowest BCUT2D eigenvalue weighted by molar-refractivity contribution is -0.119. The number of nitrogens with one attached hydrogen (secondary N) is 1. The van der Waals surface area contributed by atoms with E-state index in [2.05, 4.69) is 15.3 Å². The second-order valence-electron chi connectivity index (χ2n) is 6.48. The number of nitrogens with zero attached hydrogens (tertiary/aromatic N) is 4. The van der Waals surface area contributed by atoms with E-state index in [0.29, 0.717) is 23.8 Å². The van der Waals surface area contributed by atoms with Crippen LogP contribution < -0.4 is 10.2 Å². The highest BCUT2D eigenvalue weighted by molar-refractivity contribution is 5.95. The number of hydrogen-bond acceptors (Lipinski definition) is 5. The van der Waals surface area contributed by atoms with Crippen LogP contribution in [0.5, 0.6) is 0 Å². The molecule has 2 rings (SSSR count). The van der Waals surface area contributed by atoms with Crippen molar-refractivity contribution < 1.29 is 9.59 Å². The summed E-state index contributed by atoms with van der Waals surface area (Å²) >= 11 is 0. The van der Waals surface area contributed by atoms with Gasteiger partial charge in [-0.05, 0) is 32.6 Å². The number of likely N-dealkylation sites (tertiary alicyclic amines) is 1. The van der Waals surface area contributed by atoms with Gasteiger partial charge in [0.15, 0.2) is 0 Å². The van der Waals surface area contributed by atoms with Crippen LogP contribution in [0, 0.1) is 6.92 Å². The summed E-state index contributed by atoms with van der Waals surface area (Å²) in [6.07, 6.45) is 5.50. The molecule has 24 heavy (non-hydrogen) atoms. The smallest absolute Gasteiger partial charge is 0.257 e. The van der Waals surface area contributed by atoms with Gasteiger partial charge in [0.1, 0.15) is 0 Å². The Labute approximate surface area is 143 Å². The van der Waals surface area contributed by atoms with Gasteiger partial charge in [-0.3, -0.25) is 9.59 Å². The highest BCUT2D eigenvalue weighted by Crippen LogP contribution is 2.22. The van der Waals surface area contributed by atoms with E-state index < -0.39 is 0 Å². The summed E-state index contributed by atoms with van der Waals surface area (Å²) in [6, 6.07) is 0.158. The summed E-state index contributed by atoms with van der Waals surface area (Å²) in [4.78, 5) is 36.4. The predicted molar refractivity (Wildman–Crippen MR) is 93.1 cm³/mol. The van der Waals surface area contributed by atoms with Crippen LogP contribution in [0.3, 0.4) is 0 Å². The van der Waals surface area contributed by atoms with E-state index in [9.17, 15) is 9.59 Å². The van der Waals surface area contributed by atoms with Gasteiger partial charge < -0.3 is 15.1 Å². The van der Waals surface area contributed by atoms with Crippen LogP contribution in [0.4, 0.5) is 5.95 Å². The Morgan fingerprint density at radius 1 is 1.38 bits per heavy atom. The van der Waals surface area contributed by atoms with Crippen LogP contribution in [-0.4, -0.2) is 59.9 Å². The first-order valence-electron chi connectivity index (χ1n) is 8.46. The molecule has 1 aliphatic heterocycles. The maximum absolute atomic E-state index is 13.0. The second-order valence-corrected chi connectivity index (χ2v) is 6.48. The Morgan fingerprint density at radius 3 is 2.75 bits per heavy atom. The molecule has 1 saturated heterocycles. The van der Waals surface area contributed by atoms with E-state index in [0.717, 1.165) is 32.2 Å². The predicted octanol–water partition coefficient (Wildman–Crippen LogP) is 1.37. The molecule has 132 valence electrons. The van der Waals surface area contributed by atoms with Crippen molar-refractivity contribution in [1.29, 1.82) is 0 Å². The van der Waals surface area contributed by atoms with Gasteiger partial charge in [-0.25, -0.2) is 9.97 Å². The van der Waals surface area contributed by atoms with Crippen LogP contribution >= 0.6 is 0 Å². The van der Waals surface area contributed by atoms with Crippen LogP contribution in [-0.2, 0) is 4.79 Å². The minimum absolute atomic E-state index is 0.00895. The third-order valence-electron chi connectivity index (χ3n) is 4.34. The molecule has 0 spiro atoms. The van der Waals surface area contributed by atoms with E-state index in [-0.39, 0.29) is 17.9 Å². The molecule has 1 aromatic heterocycles. The maximum atomic E-state index is 13.0. The van der Waals surface area contributed by atoms with Crippen LogP contribution in [0.2, 0.25) is 0 Å². The van der Waals surface area contributed by atoms with Crippen molar-refractivity contribution in [2.45, 2.75) is 45.6 Å². The zero-order valence-electron chi connectivity index (χ0n) is 15.0. The van der Waals surface area contributed by atoms with Crippen LogP contribution in [0.1, 0.15) is 48.7 Å². The summed E-state index contributed by atoms with van der Waals surface area (Å²) in [7, 11) is 3.75. The summed E-state index contributed by atoms with van der Waals surface area (Å²) in [5.74, 6) is 0.558. The molecular weight excluding hydrogens is 306 g/mol. The number of aryl methyl sites for hydroxylation is 1. The first kappa shape index (κ1) is 18.2. The number of carbonyl (C=O) groups is 2. The Bertz CT molecular complexity index is 603. The lowest BCUT2D eigenvalue weighted by Gasteiger charge is -2.36. The summed E-state index contributed by atoms with van der Waals surface area (Å²) in [5.41, 5.74) is 1.26. The molecule has 1 N–H and O–H groups in total. The van der Waals surface area contributed by atoms with Gasteiger partial charge in [0.05, 0.1) is 11.3 Å². The van der Waals surface area contributed by atoms with E-state index in [1.807, 2.05) is 30.8 Å². The molecule has 0 saturated carbocycles. The quantitative estimate of drug-likeness (QED) is 0.880. The normalized spacial score (nSPS) is 17.5. The number of amides is 2. The first-order chi connectivity index (χ1) is 11.4. The molecule has 0 aliphatic carbocycles. The van der Waals surface area contributed by atoms with Gasteiger partial charge >= 0.3 is 0 Å². The van der Waals surface area contributed by atoms with Crippen molar-refractivity contribution in [3.8, 4) is 0 Å². The number of aromatic nitrogens is 2. The lowest BCUT2D eigenvalue weighted by Crippen LogP contribution is -2.45. The summed E-state index contributed by atoms with van der Waals surface area (Å²) in [6.45, 7) is 4.70. The van der Waals surface area contributed by atoms with Crippen molar-refractivity contribution in [3.05, 3.63) is 17.5 Å². The SMILES string of the molecule is CC(=O)NCC[C@H]1CCCCN1C(=O)c1cnc(N(C)C)nc1C. The zero-order valence-corrected chi connectivity index (χ0v) is 15.0. The van der Waals surface area contributed by atoms with E-state index >= 15 is 0 Å². The monoisotopic (exact) mass is 333 g/mol. The zero-order chi connectivity index (χ0) is 17.7. The number of hydrogen-bond donors (Lipinski definition) is 1. The summed E-state index contributed by atoms with van der Waals surface area (Å²) in [5, 5.41) is 2.82. The summed E-state index contributed by atoms with van der Waals surface area (Å²) < 4.78 is 0. The molecular formula is C17H27N5O2. The molecule has 1 aromatic rings. The molecule has 7 heteroatoms. The van der Waals surface area contributed by atoms with Crippen molar-refractivity contribution in [3.63, 3.8) is 0 Å². The van der Waals surface area contributed by atoms with Gasteiger partial charge in [0.25, 0.3) is 5.91 Å². The van der Waals surface area contributed by atoms with Gasteiger partial charge in [-0.1, -0.05) is 0 Å². The van der Waals surface area contributed by atoms with Crippen molar-refractivity contribution >= 4 is 17.8 Å². The average molecular weight is 333 g/mol. The molecule has 0 unspecified atom stereocenters. The van der Waals surface area contributed by atoms with Gasteiger partial charge in [-0.2, -0.15) is 0 Å².